The van der Waals surface area contributed by atoms with Gasteiger partial charge in [-0.05, 0) is 23.8 Å². The maximum absolute atomic E-state index is 13.1. The first-order valence-electron chi connectivity index (χ1n) is 7.14. The van der Waals surface area contributed by atoms with Gasteiger partial charge in [-0.3, -0.25) is 4.99 Å². The summed E-state index contributed by atoms with van der Waals surface area (Å²) in [6, 6.07) is 12.4. The molecule has 0 saturated carbocycles. The first kappa shape index (κ1) is 17.1. The molecule has 0 saturated heterocycles. The maximum Gasteiger partial charge on any atom is 0.191 e. The first-order chi connectivity index (χ1) is 11.1. The number of guanidine groups is 1. The first-order valence-corrected chi connectivity index (χ1v) is 7.52. The molecule has 23 heavy (non-hydrogen) atoms. The predicted octanol–water partition coefficient (Wildman–Crippen LogP) is 3.35. The lowest BCUT2D eigenvalue weighted by Gasteiger charge is -2.14. The van der Waals surface area contributed by atoms with Crippen LogP contribution in [0.25, 0.3) is 0 Å². The van der Waals surface area contributed by atoms with Crippen LogP contribution in [0.2, 0.25) is 5.02 Å². The summed E-state index contributed by atoms with van der Waals surface area (Å²) in [5.74, 6) is 1.03. The Morgan fingerprint density at radius 1 is 1.17 bits per heavy atom. The van der Waals surface area contributed by atoms with E-state index in [9.17, 15) is 4.39 Å². The highest BCUT2D eigenvalue weighted by Crippen LogP contribution is 2.17. The number of hydrogen-bond donors (Lipinski definition) is 2. The second-order valence-electron chi connectivity index (χ2n) is 4.84. The minimum absolute atomic E-state index is 0.112. The Hall–Kier alpha value is -2.27. The van der Waals surface area contributed by atoms with Crippen LogP contribution in [0.4, 0.5) is 4.39 Å². The molecule has 0 fully saturated rings. The third-order valence-electron chi connectivity index (χ3n) is 3.31. The van der Waals surface area contributed by atoms with Crippen LogP contribution in [-0.4, -0.2) is 20.1 Å². The number of para-hydroxylation sites is 1. The Morgan fingerprint density at radius 2 is 1.91 bits per heavy atom. The number of methoxy groups -OCH3 is 1. The SMILES string of the molecule is CN=C(NCc1ccc(F)c(Cl)c1)NCc1ccccc1OC. The second-order valence-corrected chi connectivity index (χ2v) is 5.25. The van der Waals surface area contributed by atoms with Crippen LogP contribution in [0.15, 0.2) is 47.5 Å². The molecule has 0 spiro atoms. The number of ether oxygens (including phenoxy) is 1. The van der Waals surface area contributed by atoms with Gasteiger partial charge in [-0.1, -0.05) is 35.9 Å². The fraction of sp³-hybridized carbons (Fsp3) is 0.235. The molecule has 0 aliphatic rings. The smallest absolute Gasteiger partial charge is 0.191 e. The van der Waals surface area contributed by atoms with E-state index in [2.05, 4.69) is 15.6 Å². The van der Waals surface area contributed by atoms with Crippen molar-refractivity contribution in [2.45, 2.75) is 13.1 Å². The zero-order valence-electron chi connectivity index (χ0n) is 13.1. The minimum Gasteiger partial charge on any atom is -0.496 e. The molecule has 2 N–H and O–H groups in total. The highest BCUT2D eigenvalue weighted by molar-refractivity contribution is 6.30. The summed E-state index contributed by atoms with van der Waals surface area (Å²) < 4.78 is 18.5. The second kappa shape index (κ2) is 8.39. The fourth-order valence-corrected chi connectivity index (χ4v) is 2.29. The molecule has 4 nitrogen and oxygen atoms in total. The average molecular weight is 336 g/mol. The highest BCUT2D eigenvalue weighted by Gasteiger charge is 2.05. The van der Waals surface area contributed by atoms with Gasteiger partial charge in [-0.2, -0.15) is 0 Å². The molecule has 0 aromatic heterocycles. The Balaban J connectivity index is 1.92. The zero-order valence-corrected chi connectivity index (χ0v) is 13.8. The molecule has 0 atom stereocenters. The molecular weight excluding hydrogens is 317 g/mol. The third-order valence-corrected chi connectivity index (χ3v) is 3.60. The number of benzene rings is 2. The molecule has 0 bridgehead atoms. The van der Waals surface area contributed by atoms with Crippen molar-refractivity contribution in [3.63, 3.8) is 0 Å². The molecule has 2 aromatic rings. The van der Waals surface area contributed by atoms with Crippen LogP contribution in [0.5, 0.6) is 5.75 Å². The number of aliphatic imine (C=N–C) groups is 1. The maximum atomic E-state index is 13.1. The van der Waals surface area contributed by atoms with Crippen LogP contribution in [-0.2, 0) is 13.1 Å². The van der Waals surface area contributed by atoms with Crippen molar-refractivity contribution in [2.24, 2.45) is 4.99 Å². The minimum atomic E-state index is -0.422. The average Bonchev–Trinajstić information content (AvgIpc) is 2.58. The van der Waals surface area contributed by atoms with Gasteiger partial charge < -0.3 is 15.4 Å². The fourth-order valence-electron chi connectivity index (χ4n) is 2.08. The lowest BCUT2D eigenvalue weighted by atomic mass is 10.2. The Kier molecular flexibility index (Phi) is 6.23. The molecule has 2 rings (SSSR count). The van der Waals surface area contributed by atoms with E-state index in [1.54, 1.807) is 26.3 Å². The van der Waals surface area contributed by atoms with E-state index in [1.807, 2.05) is 24.3 Å². The Bertz CT molecular complexity index is 691. The van der Waals surface area contributed by atoms with Gasteiger partial charge in [0.05, 0.1) is 12.1 Å². The molecule has 0 aliphatic heterocycles. The molecule has 0 amide bonds. The summed E-state index contributed by atoms with van der Waals surface area (Å²) in [5, 5.41) is 6.48. The van der Waals surface area contributed by atoms with Crippen LogP contribution < -0.4 is 15.4 Å². The molecular formula is C17H19ClFN3O. The summed E-state index contributed by atoms with van der Waals surface area (Å²) in [7, 11) is 3.33. The lowest BCUT2D eigenvalue weighted by Crippen LogP contribution is -2.36. The Labute approximate surface area is 140 Å². The van der Waals surface area contributed by atoms with Crippen LogP contribution in [0.3, 0.4) is 0 Å². The molecule has 6 heteroatoms. The van der Waals surface area contributed by atoms with Crippen molar-refractivity contribution >= 4 is 17.6 Å². The van der Waals surface area contributed by atoms with Crippen molar-refractivity contribution in [3.8, 4) is 5.75 Å². The lowest BCUT2D eigenvalue weighted by molar-refractivity contribution is 0.409. The van der Waals surface area contributed by atoms with Gasteiger partial charge in [0.1, 0.15) is 11.6 Å². The van der Waals surface area contributed by atoms with Crippen LogP contribution >= 0.6 is 11.6 Å². The Morgan fingerprint density at radius 3 is 2.61 bits per heavy atom. The van der Waals surface area contributed by atoms with E-state index in [0.29, 0.717) is 19.0 Å². The van der Waals surface area contributed by atoms with E-state index in [-0.39, 0.29) is 5.02 Å². The van der Waals surface area contributed by atoms with Crippen molar-refractivity contribution in [1.82, 2.24) is 10.6 Å². The van der Waals surface area contributed by atoms with Crippen molar-refractivity contribution in [2.75, 3.05) is 14.2 Å². The summed E-state index contributed by atoms with van der Waals surface area (Å²) in [4.78, 5) is 4.16. The van der Waals surface area contributed by atoms with E-state index in [0.717, 1.165) is 16.9 Å². The van der Waals surface area contributed by atoms with Gasteiger partial charge >= 0.3 is 0 Å². The van der Waals surface area contributed by atoms with Crippen molar-refractivity contribution < 1.29 is 9.13 Å². The summed E-state index contributed by atoms with van der Waals surface area (Å²) in [6.45, 7) is 1.07. The number of rotatable bonds is 5. The summed E-state index contributed by atoms with van der Waals surface area (Å²) in [5.41, 5.74) is 1.90. The van der Waals surface area contributed by atoms with Gasteiger partial charge in [0.15, 0.2) is 5.96 Å². The number of nitrogens with one attached hydrogen (secondary N) is 2. The van der Waals surface area contributed by atoms with Gasteiger partial charge in [0, 0.05) is 25.7 Å². The molecule has 0 radical (unpaired) electrons. The summed E-state index contributed by atoms with van der Waals surface area (Å²) >= 11 is 5.78. The van der Waals surface area contributed by atoms with Gasteiger partial charge in [0.25, 0.3) is 0 Å². The zero-order chi connectivity index (χ0) is 16.7. The van der Waals surface area contributed by atoms with E-state index >= 15 is 0 Å². The van der Waals surface area contributed by atoms with E-state index < -0.39 is 5.82 Å². The summed E-state index contributed by atoms with van der Waals surface area (Å²) in [6.07, 6.45) is 0. The van der Waals surface area contributed by atoms with Crippen LogP contribution in [0.1, 0.15) is 11.1 Å². The number of halogens is 2. The van der Waals surface area contributed by atoms with E-state index in [4.69, 9.17) is 16.3 Å². The van der Waals surface area contributed by atoms with E-state index in [1.165, 1.54) is 6.07 Å². The van der Waals surface area contributed by atoms with Crippen molar-refractivity contribution in [3.05, 3.63) is 64.4 Å². The number of hydrogen-bond acceptors (Lipinski definition) is 2. The van der Waals surface area contributed by atoms with Gasteiger partial charge in [-0.25, -0.2) is 4.39 Å². The van der Waals surface area contributed by atoms with Crippen molar-refractivity contribution in [1.29, 1.82) is 0 Å². The molecule has 0 aliphatic carbocycles. The quantitative estimate of drug-likeness (QED) is 0.650. The molecule has 2 aromatic carbocycles. The third kappa shape index (κ3) is 4.86. The largest absolute Gasteiger partial charge is 0.496 e. The monoisotopic (exact) mass is 335 g/mol. The van der Waals surface area contributed by atoms with Gasteiger partial charge in [-0.15, -0.1) is 0 Å². The number of nitrogens with zero attached hydrogens (tertiary/aromatic N) is 1. The predicted molar refractivity (Wildman–Crippen MR) is 91.4 cm³/mol. The topological polar surface area (TPSA) is 45.7 Å². The molecule has 122 valence electrons. The molecule has 0 heterocycles. The normalized spacial score (nSPS) is 11.2. The van der Waals surface area contributed by atoms with Gasteiger partial charge in [0.2, 0.25) is 0 Å². The highest BCUT2D eigenvalue weighted by atomic mass is 35.5. The molecule has 0 unspecified atom stereocenters. The standard InChI is InChI=1S/C17H19ClFN3O/c1-20-17(21-10-12-7-8-15(19)14(18)9-12)22-11-13-5-3-4-6-16(13)23-2/h3-9H,10-11H2,1-2H3,(H2,20,21,22). The van der Waals surface area contributed by atoms with Crippen LogP contribution in [0, 0.1) is 5.82 Å².